The summed E-state index contributed by atoms with van der Waals surface area (Å²) in [6, 6.07) is 3.28. The van der Waals surface area contributed by atoms with Gasteiger partial charge in [0.15, 0.2) is 11.7 Å². The maximum absolute atomic E-state index is 11.0. The third-order valence-corrected chi connectivity index (χ3v) is 3.35. The largest absolute Gasteiger partial charge is 0.454 e. The van der Waals surface area contributed by atoms with Crippen LogP contribution < -0.4 is 16.4 Å². The summed E-state index contributed by atoms with van der Waals surface area (Å²) < 4.78 is 5.30. The van der Waals surface area contributed by atoms with E-state index in [9.17, 15) is 4.79 Å². The van der Waals surface area contributed by atoms with Crippen LogP contribution >= 0.6 is 24.0 Å². The van der Waals surface area contributed by atoms with Gasteiger partial charge in [-0.05, 0) is 25.0 Å². The first-order chi connectivity index (χ1) is 10.1. The molecule has 0 aliphatic carbocycles. The Labute approximate surface area is 149 Å². The van der Waals surface area contributed by atoms with Gasteiger partial charge in [-0.25, -0.2) is 4.99 Å². The van der Waals surface area contributed by atoms with Gasteiger partial charge in [0.2, 0.25) is 0 Å². The van der Waals surface area contributed by atoms with E-state index in [1.165, 1.54) is 0 Å². The Morgan fingerprint density at radius 3 is 2.45 bits per heavy atom. The molecule has 126 valence electrons. The van der Waals surface area contributed by atoms with Crippen molar-refractivity contribution in [3.63, 3.8) is 0 Å². The van der Waals surface area contributed by atoms with Gasteiger partial charge >= 0.3 is 0 Å². The third kappa shape index (κ3) is 7.15. The van der Waals surface area contributed by atoms with Crippen LogP contribution in [0.2, 0.25) is 0 Å². The summed E-state index contributed by atoms with van der Waals surface area (Å²) >= 11 is 0. The summed E-state index contributed by atoms with van der Waals surface area (Å²) in [4.78, 5) is 15.4. The highest BCUT2D eigenvalue weighted by Crippen LogP contribution is 2.08. The molecule has 6 nitrogen and oxygen atoms in total. The Morgan fingerprint density at radius 2 is 1.95 bits per heavy atom. The van der Waals surface area contributed by atoms with Crippen molar-refractivity contribution >= 4 is 35.8 Å². The molecular weight excluding hydrogens is 395 g/mol. The number of halogens is 1. The second kappa shape index (κ2) is 11.3. The number of carbonyl (C=O) groups is 1. The highest BCUT2D eigenvalue weighted by molar-refractivity contribution is 14.0. The molecule has 1 aromatic heterocycles. The third-order valence-electron chi connectivity index (χ3n) is 3.35. The van der Waals surface area contributed by atoms with Gasteiger partial charge in [0.05, 0.1) is 0 Å². The van der Waals surface area contributed by atoms with Gasteiger partial charge in [0.1, 0.15) is 12.3 Å². The number of rotatable bonds is 8. The Hall–Kier alpha value is -1.25. The van der Waals surface area contributed by atoms with Crippen LogP contribution in [0, 0.1) is 5.92 Å². The number of primary amides is 1. The summed E-state index contributed by atoms with van der Waals surface area (Å²) in [6.45, 7) is 8.45. The fourth-order valence-corrected chi connectivity index (χ4v) is 1.91. The van der Waals surface area contributed by atoms with Gasteiger partial charge in [0, 0.05) is 13.1 Å². The van der Waals surface area contributed by atoms with Crippen LogP contribution in [0.5, 0.6) is 0 Å². The first-order valence-corrected chi connectivity index (χ1v) is 7.51. The summed E-state index contributed by atoms with van der Waals surface area (Å²) in [5.74, 6) is 1.60. The summed E-state index contributed by atoms with van der Waals surface area (Å²) in [6.07, 6.45) is 2.28. The molecule has 0 saturated heterocycles. The first-order valence-electron chi connectivity index (χ1n) is 7.51. The number of amides is 1. The van der Waals surface area contributed by atoms with Crippen LogP contribution in [-0.4, -0.2) is 25.0 Å². The standard InChI is InChI=1S/C15H26N4O2.HI/c1-4-11(5-2)9-18-15(17-6-3)19-10-12-7-8-13(21-12)14(16)20;/h7-8,11H,4-6,9-10H2,1-3H3,(H2,16,20)(H2,17,18,19);1H. The quantitative estimate of drug-likeness (QED) is 0.341. The second-order valence-electron chi connectivity index (χ2n) is 4.89. The van der Waals surface area contributed by atoms with E-state index < -0.39 is 5.91 Å². The number of aliphatic imine (C=N–C) groups is 1. The minimum atomic E-state index is -0.566. The van der Waals surface area contributed by atoms with E-state index in [0.717, 1.165) is 31.9 Å². The van der Waals surface area contributed by atoms with Gasteiger partial charge in [0.25, 0.3) is 5.91 Å². The number of nitrogens with zero attached hydrogens (tertiary/aromatic N) is 1. The lowest BCUT2D eigenvalue weighted by Gasteiger charge is -2.16. The van der Waals surface area contributed by atoms with E-state index in [2.05, 4.69) is 29.5 Å². The fourth-order valence-electron chi connectivity index (χ4n) is 1.91. The van der Waals surface area contributed by atoms with Crippen molar-refractivity contribution in [1.29, 1.82) is 0 Å². The number of hydrogen-bond donors (Lipinski definition) is 3. The van der Waals surface area contributed by atoms with Crippen molar-refractivity contribution in [3.8, 4) is 0 Å². The molecule has 0 radical (unpaired) electrons. The molecule has 1 heterocycles. The van der Waals surface area contributed by atoms with Crippen molar-refractivity contribution in [1.82, 2.24) is 10.6 Å². The molecule has 0 aromatic carbocycles. The van der Waals surface area contributed by atoms with E-state index in [0.29, 0.717) is 18.2 Å². The van der Waals surface area contributed by atoms with Crippen molar-refractivity contribution in [2.24, 2.45) is 16.6 Å². The zero-order chi connectivity index (χ0) is 15.7. The average molecular weight is 422 g/mol. The first kappa shape index (κ1) is 20.8. The Kier molecular flexibility index (Phi) is 10.7. The Balaban J connectivity index is 0.00000441. The topological polar surface area (TPSA) is 92.6 Å². The molecule has 4 N–H and O–H groups in total. The summed E-state index contributed by atoms with van der Waals surface area (Å²) in [5, 5.41) is 6.52. The number of hydrogen-bond acceptors (Lipinski definition) is 3. The molecule has 7 heteroatoms. The highest BCUT2D eigenvalue weighted by Gasteiger charge is 2.08. The van der Waals surface area contributed by atoms with Gasteiger partial charge in [-0.1, -0.05) is 26.7 Å². The van der Waals surface area contributed by atoms with Crippen molar-refractivity contribution < 1.29 is 9.21 Å². The number of nitrogens with two attached hydrogens (primary N) is 1. The maximum atomic E-state index is 11.0. The monoisotopic (exact) mass is 422 g/mol. The van der Waals surface area contributed by atoms with Gasteiger partial charge in [-0.15, -0.1) is 24.0 Å². The number of carbonyl (C=O) groups excluding carboxylic acids is 1. The number of guanidine groups is 1. The van der Waals surface area contributed by atoms with Gasteiger partial charge in [-0.2, -0.15) is 0 Å². The summed E-state index contributed by atoms with van der Waals surface area (Å²) in [5.41, 5.74) is 5.15. The predicted octanol–water partition coefficient (Wildman–Crippen LogP) is 2.49. The predicted molar refractivity (Wildman–Crippen MR) is 99.5 cm³/mol. The van der Waals surface area contributed by atoms with Crippen molar-refractivity contribution in [3.05, 3.63) is 23.7 Å². The van der Waals surface area contributed by atoms with Crippen LogP contribution in [0.25, 0.3) is 0 Å². The Bertz CT molecular complexity index is 470. The minimum absolute atomic E-state index is 0. The Morgan fingerprint density at radius 1 is 1.27 bits per heavy atom. The van der Waals surface area contributed by atoms with Crippen LogP contribution in [-0.2, 0) is 6.54 Å². The molecule has 1 rings (SSSR count). The molecule has 0 aliphatic rings. The van der Waals surface area contributed by atoms with Crippen molar-refractivity contribution in [2.75, 3.05) is 13.1 Å². The lowest BCUT2D eigenvalue weighted by Crippen LogP contribution is -2.39. The normalized spacial score (nSPS) is 11.2. The zero-order valence-corrected chi connectivity index (χ0v) is 15.8. The van der Waals surface area contributed by atoms with E-state index in [4.69, 9.17) is 10.2 Å². The van der Waals surface area contributed by atoms with Crippen LogP contribution in [0.4, 0.5) is 0 Å². The van der Waals surface area contributed by atoms with E-state index in [1.807, 2.05) is 6.92 Å². The lowest BCUT2D eigenvalue weighted by molar-refractivity contribution is 0.0972. The highest BCUT2D eigenvalue weighted by atomic mass is 127. The smallest absolute Gasteiger partial charge is 0.284 e. The minimum Gasteiger partial charge on any atom is -0.454 e. The van der Waals surface area contributed by atoms with E-state index >= 15 is 0 Å². The summed E-state index contributed by atoms with van der Waals surface area (Å²) in [7, 11) is 0. The van der Waals surface area contributed by atoms with Crippen molar-refractivity contribution in [2.45, 2.75) is 40.2 Å². The molecular formula is C15H27IN4O2. The number of nitrogens with one attached hydrogen (secondary N) is 2. The molecule has 0 aliphatic heterocycles. The maximum Gasteiger partial charge on any atom is 0.284 e. The van der Waals surface area contributed by atoms with Gasteiger partial charge < -0.3 is 20.8 Å². The second-order valence-corrected chi connectivity index (χ2v) is 4.89. The van der Waals surface area contributed by atoms with Crippen LogP contribution in [0.1, 0.15) is 49.9 Å². The molecule has 0 atom stereocenters. The average Bonchev–Trinajstić information content (AvgIpc) is 2.94. The molecule has 0 saturated carbocycles. The molecule has 1 aromatic rings. The molecule has 0 fully saturated rings. The molecule has 1 amide bonds. The fraction of sp³-hybridized carbons (Fsp3) is 0.600. The molecule has 0 unspecified atom stereocenters. The SMILES string of the molecule is CCNC(=NCc1ccc(C(N)=O)o1)NCC(CC)CC.I. The van der Waals surface area contributed by atoms with E-state index in [1.54, 1.807) is 12.1 Å². The van der Waals surface area contributed by atoms with Gasteiger partial charge in [-0.3, -0.25) is 4.79 Å². The van der Waals surface area contributed by atoms with Crippen LogP contribution in [0.3, 0.4) is 0 Å². The van der Waals surface area contributed by atoms with E-state index in [-0.39, 0.29) is 29.7 Å². The van der Waals surface area contributed by atoms with Crippen LogP contribution in [0.15, 0.2) is 21.5 Å². The molecule has 0 bridgehead atoms. The zero-order valence-electron chi connectivity index (χ0n) is 13.5. The molecule has 0 spiro atoms. The number of furan rings is 1. The lowest BCUT2D eigenvalue weighted by atomic mass is 10.0. The molecule has 22 heavy (non-hydrogen) atoms.